The molecule has 3 rings (SSSR count). The molecule has 0 amide bonds. The average Bonchev–Trinajstić information content (AvgIpc) is 3.07. The SMILES string of the molecule is COc1cc(-c2nc(C(F)(F)F)nn2-c2ncc(S(=O)(=O)O)cn2)ccc1Cl. The smallest absolute Gasteiger partial charge is 0.453 e. The predicted molar refractivity (Wildman–Crippen MR) is 88.8 cm³/mol. The standard InChI is InChI=1S/C14H9ClF3N5O4S/c1-27-10-4-7(2-3-9(10)15)11-21-12(14(16,17)18)22-23(11)13-19-5-8(6-20-13)28(24,25)26/h2-6H,1H3,(H,24,25,26). The first kappa shape index (κ1) is 20.0. The van der Waals surface area contributed by atoms with Crippen molar-refractivity contribution < 1.29 is 30.9 Å². The van der Waals surface area contributed by atoms with E-state index in [1.165, 1.54) is 25.3 Å². The quantitative estimate of drug-likeness (QED) is 0.621. The Morgan fingerprint density at radius 1 is 1.21 bits per heavy atom. The van der Waals surface area contributed by atoms with E-state index in [1.807, 2.05) is 0 Å². The van der Waals surface area contributed by atoms with E-state index in [0.29, 0.717) is 4.68 Å². The van der Waals surface area contributed by atoms with Crippen LogP contribution in [-0.4, -0.2) is 44.8 Å². The Hall–Kier alpha value is -2.77. The lowest BCUT2D eigenvalue weighted by atomic mass is 10.2. The van der Waals surface area contributed by atoms with Crippen LogP contribution in [0, 0.1) is 0 Å². The van der Waals surface area contributed by atoms with Crippen LogP contribution in [0.4, 0.5) is 13.2 Å². The largest absolute Gasteiger partial charge is 0.495 e. The van der Waals surface area contributed by atoms with E-state index in [1.54, 1.807) is 0 Å². The summed E-state index contributed by atoms with van der Waals surface area (Å²) < 4.78 is 76.1. The number of ether oxygens (including phenoxy) is 1. The van der Waals surface area contributed by atoms with E-state index < -0.39 is 33.0 Å². The molecule has 0 bridgehead atoms. The van der Waals surface area contributed by atoms with E-state index in [2.05, 4.69) is 20.1 Å². The van der Waals surface area contributed by atoms with Gasteiger partial charge in [-0.25, -0.2) is 15.0 Å². The van der Waals surface area contributed by atoms with E-state index >= 15 is 0 Å². The first-order valence-corrected chi connectivity index (χ1v) is 9.00. The Bertz CT molecular complexity index is 1130. The summed E-state index contributed by atoms with van der Waals surface area (Å²) in [5.41, 5.74) is 0.159. The molecule has 0 aliphatic carbocycles. The Kier molecular flexibility index (Phi) is 4.99. The highest BCUT2D eigenvalue weighted by molar-refractivity contribution is 7.85. The van der Waals surface area contributed by atoms with Gasteiger partial charge >= 0.3 is 6.18 Å². The minimum atomic E-state index is -4.86. The summed E-state index contributed by atoms with van der Waals surface area (Å²) in [5, 5.41) is 3.59. The van der Waals surface area contributed by atoms with Crippen molar-refractivity contribution >= 4 is 21.7 Å². The third-order valence-electron chi connectivity index (χ3n) is 3.37. The van der Waals surface area contributed by atoms with Crippen molar-refractivity contribution in [2.24, 2.45) is 0 Å². The molecule has 9 nitrogen and oxygen atoms in total. The van der Waals surface area contributed by atoms with Gasteiger partial charge in [0.1, 0.15) is 10.6 Å². The molecule has 0 aliphatic rings. The predicted octanol–water partition coefficient (Wildman–Crippen LogP) is 2.65. The maximum atomic E-state index is 13.1. The number of aromatic nitrogens is 5. The summed E-state index contributed by atoms with van der Waals surface area (Å²) in [6.07, 6.45) is -3.41. The zero-order chi connectivity index (χ0) is 20.7. The van der Waals surface area contributed by atoms with Gasteiger partial charge in [0.15, 0.2) is 5.82 Å². The lowest BCUT2D eigenvalue weighted by molar-refractivity contribution is -0.144. The molecule has 2 heterocycles. The second kappa shape index (κ2) is 7.00. The number of alkyl halides is 3. The Morgan fingerprint density at radius 3 is 2.39 bits per heavy atom. The van der Waals surface area contributed by atoms with Gasteiger partial charge in [-0.2, -0.15) is 26.3 Å². The van der Waals surface area contributed by atoms with Crippen LogP contribution in [0.2, 0.25) is 5.02 Å². The maximum absolute atomic E-state index is 13.1. The van der Waals surface area contributed by atoms with Gasteiger partial charge in [0, 0.05) is 5.56 Å². The molecule has 0 unspecified atom stereocenters. The van der Waals surface area contributed by atoms with Gasteiger partial charge in [-0.15, -0.1) is 5.10 Å². The number of methoxy groups -OCH3 is 1. The van der Waals surface area contributed by atoms with Crippen molar-refractivity contribution in [2.45, 2.75) is 11.1 Å². The molecular formula is C14H9ClF3N5O4S. The van der Waals surface area contributed by atoms with Crippen LogP contribution in [0.25, 0.3) is 17.3 Å². The van der Waals surface area contributed by atoms with Crippen molar-refractivity contribution in [1.29, 1.82) is 0 Å². The van der Waals surface area contributed by atoms with Crippen molar-refractivity contribution in [3.63, 3.8) is 0 Å². The molecule has 0 spiro atoms. The van der Waals surface area contributed by atoms with E-state index in [-0.39, 0.29) is 22.2 Å². The molecule has 0 saturated carbocycles. The molecule has 2 aromatic heterocycles. The molecular weight excluding hydrogens is 427 g/mol. The van der Waals surface area contributed by atoms with Crippen molar-refractivity contribution in [3.05, 3.63) is 41.4 Å². The van der Waals surface area contributed by atoms with Crippen LogP contribution in [0.1, 0.15) is 5.82 Å². The third-order valence-corrected chi connectivity index (χ3v) is 4.49. The second-order valence-electron chi connectivity index (χ2n) is 5.21. The van der Waals surface area contributed by atoms with Gasteiger partial charge in [0.2, 0.25) is 0 Å². The summed E-state index contributed by atoms with van der Waals surface area (Å²) in [7, 11) is -3.25. The minimum Gasteiger partial charge on any atom is -0.495 e. The summed E-state index contributed by atoms with van der Waals surface area (Å²) >= 11 is 5.93. The fourth-order valence-electron chi connectivity index (χ4n) is 2.11. The number of hydrogen-bond acceptors (Lipinski definition) is 7. The van der Waals surface area contributed by atoms with Gasteiger partial charge in [-0.05, 0) is 18.2 Å². The summed E-state index contributed by atoms with van der Waals surface area (Å²) in [5.74, 6) is -1.97. The first-order valence-electron chi connectivity index (χ1n) is 7.19. The number of benzene rings is 1. The fraction of sp³-hybridized carbons (Fsp3) is 0.143. The molecule has 0 saturated heterocycles. The van der Waals surface area contributed by atoms with Gasteiger partial charge in [-0.3, -0.25) is 4.55 Å². The Balaban J connectivity index is 2.19. The lowest BCUT2D eigenvalue weighted by Crippen LogP contribution is -2.10. The maximum Gasteiger partial charge on any atom is 0.453 e. The van der Waals surface area contributed by atoms with E-state index in [0.717, 1.165) is 12.4 Å². The summed E-state index contributed by atoms with van der Waals surface area (Å²) in [4.78, 5) is 10.1. The van der Waals surface area contributed by atoms with Crippen LogP contribution in [0.15, 0.2) is 35.5 Å². The highest BCUT2D eigenvalue weighted by atomic mass is 35.5. The number of rotatable bonds is 4. The molecule has 0 atom stereocenters. The van der Waals surface area contributed by atoms with E-state index in [4.69, 9.17) is 20.9 Å². The normalized spacial score (nSPS) is 12.2. The third kappa shape index (κ3) is 3.90. The molecule has 14 heteroatoms. The van der Waals surface area contributed by atoms with Crippen LogP contribution in [0.5, 0.6) is 5.75 Å². The lowest BCUT2D eigenvalue weighted by Gasteiger charge is -2.07. The minimum absolute atomic E-state index is 0.159. The molecule has 148 valence electrons. The van der Waals surface area contributed by atoms with Crippen LogP contribution in [0.3, 0.4) is 0 Å². The molecule has 0 fully saturated rings. The Labute approximate surface area is 160 Å². The number of nitrogens with zero attached hydrogens (tertiary/aromatic N) is 5. The molecule has 3 aromatic rings. The van der Waals surface area contributed by atoms with Gasteiger partial charge in [0.25, 0.3) is 21.9 Å². The molecule has 28 heavy (non-hydrogen) atoms. The number of hydrogen-bond donors (Lipinski definition) is 1. The summed E-state index contributed by atoms with van der Waals surface area (Å²) in [6.45, 7) is 0. The zero-order valence-electron chi connectivity index (χ0n) is 13.7. The van der Waals surface area contributed by atoms with Crippen LogP contribution in [-0.2, 0) is 16.3 Å². The van der Waals surface area contributed by atoms with Gasteiger partial charge < -0.3 is 4.74 Å². The van der Waals surface area contributed by atoms with Crippen molar-refractivity contribution in [1.82, 2.24) is 24.7 Å². The summed E-state index contributed by atoms with van der Waals surface area (Å²) in [6, 6.07) is 4.12. The monoisotopic (exact) mass is 435 g/mol. The number of halogens is 4. The fourth-order valence-corrected chi connectivity index (χ4v) is 2.68. The average molecular weight is 436 g/mol. The highest BCUT2D eigenvalue weighted by Gasteiger charge is 2.38. The van der Waals surface area contributed by atoms with Crippen LogP contribution >= 0.6 is 11.6 Å². The van der Waals surface area contributed by atoms with Gasteiger partial charge in [-0.1, -0.05) is 11.6 Å². The first-order chi connectivity index (χ1) is 13.0. The highest BCUT2D eigenvalue weighted by Crippen LogP contribution is 2.33. The second-order valence-corrected chi connectivity index (χ2v) is 7.04. The molecule has 1 aromatic carbocycles. The van der Waals surface area contributed by atoms with E-state index in [9.17, 15) is 21.6 Å². The topological polar surface area (TPSA) is 120 Å². The van der Waals surface area contributed by atoms with Crippen LogP contribution < -0.4 is 4.74 Å². The zero-order valence-corrected chi connectivity index (χ0v) is 15.3. The van der Waals surface area contributed by atoms with Crippen molar-refractivity contribution in [3.8, 4) is 23.1 Å². The molecule has 0 radical (unpaired) electrons. The Morgan fingerprint density at radius 2 is 1.86 bits per heavy atom. The van der Waals surface area contributed by atoms with Crippen molar-refractivity contribution in [2.75, 3.05) is 7.11 Å². The van der Waals surface area contributed by atoms with Gasteiger partial charge in [0.05, 0.1) is 24.5 Å². The molecule has 1 N–H and O–H groups in total. The molecule has 0 aliphatic heterocycles.